The molecule has 1 N–H and O–H groups in total. The Morgan fingerprint density at radius 3 is 2.92 bits per heavy atom. The highest BCUT2D eigenvalue weighted by atomic mass is 16.5. The predicted octanol–water partition coefficient (Wildman–Crippen LogP) is 4.57. The van der Waals surface area contributed by atoms with Crippen LogP contribution in [0.2, 0.25) is 0 Å². The fourth-order valence-electron chi connectivity index (χ4n) is 5.03. The fourth-order valence-corrected chi connectivity index (χ4v) is 5.03. The molecule has 0 spiro atoms. The van der Waals surface area contributed by atoms with Gasteiger partial charge < -0.3 is 14.6 Å². The van der Waals surface area contributed by atoms with Crippen molar-refractivity contribution in [1.82, 2.24) is 9.88 Å². The highest BCUT2D eigenvalue weighted by Crippen LogP contribution is 2.38. The molecule has 3 nitrogen and oxygen atoms in total. The van der Waals surface area contributed by atoms with Gasteiger partial charge >= 0.3 is 0 Å². The van der Waals surface area contributed by atoms with Crippen LogP contribution >= 0.6 is 0 Å². The Bertz CT molecular complexity index is 720. The second kappa shape index (κ2) is 6.44. The van der Waals surface area contributed by atoms with E-state index in [0.29, 0.717) is 5.92 Å². The molecule has 2 bridgehead atoms. The lowest BCUT2D eigenvalue weighted by Gasteiger charge is -2.37. The summed E-state index contributed by atoms with van der Waals surface area (Å²) in [5.41, 5.74) is 4.26. The van der Waals surface area contributed by atoms with E-state index in [9.17, 15) is 0 Å². The molecule has 2 unspecified atom stereocenters. The van der Waals surface area contributed by atoms with Crippen LogP contribution in [-0.4, -0.2) is 36.6 Å². The number of ether oxygens (including phenoxy) is 1. The fraction of sp³-hybridized carbons (Fsp3) is 0.619. The number of hydrogen-bond donors (Lipinski definition) is 1. The molecule has 4 rings (SSSR count). The molecule has 0 radical (unpaired) electrons. The number of piperidine rings is 1. The Hall–Kier alpha value is -1.48. The summed E-state index contributed by atoms with van der Waals surface area (Å²) in [6, 6.07) is 6.45. The van der Waals surface area contributed by atoms with Gasteiger partial charge in [0.2, 0.25) is 0 Å². The van der Waals surface area contributed by atoms with Crippen molar-refractivity contribution in [2.45, 2.75) is 45.4 Å². The lowest BCUT2D eigenvalue weighted by molar-refractivity contribution is 0.117. The molecule has 2 aliphatic heterocycles. The number of aromatic amines is 1. The van der Waals surface area contributed by atoms with Gasteiger partial charge in [0.1, 0.15) is 5.75 Å². The first-order chi connectivity index (χ1) is 11.7. The third-order valence-corrected chi connectivity index (χ3v) is 6.28. The average molecular weight is 326 g/mol. The van der Waals surface area contributed by atoms with Crippen molar-refractivity contribution in [2.24, 2.45) is 11.8 Å². The van der Waals surface area contributed by atoms with Crippen molar-refractivity contribution in [3.8, 4) is 5.75 Å². The van der Waals surface area contributed by atoms with Gasteiger partial charge in [0, 0.05) is 36.2 Å². The third-order valence-electron chi connectivity index (χ3n) is 6.28. The third kappa shape index (κ3) is 2.83. The molecule has 1 aromatic carbocycles. The summed E-state index contributed by atoms with van der Waals surface area (Å²) >= 11 is 0. The van der Waals surface area contributed by atoms with Crippen LogP contribution in [0.4, 0.5) is 0 Å². The summed E-state index contributed by atoms with van der Waals surface area (Å²) < 4.78 is 5.46. The van der Waals surface area contributed by atoms with Crippen LogP contribution in [0.5, 0.6) is 5.75 Å². The van der Waals surface area contributed by atoms with Gasteiger partial charge in [0.15, 0.2) is 0 Å². The van der Waals surface area contributed by atoms with Crippen molar-refractivity contribution >= 4 is 10.9 Å². The molecule has 2 aliphatic rings. The molecule has 2 aromatic rings. The van der Waals surface area contributed by atoms with E-state index in [0.717, 1.165) is 24.0 Å². The van der Waals surface area contributed by atoms with E-state index in [2.05, 4.69) is 41.9 Å². The molecule has 24 heavy (non-hydrogen) atoms. The number of aromatic nitrogens is 1. The number of hydrogen-bond acceptors (Lipinski definition) is 2. The first kappa shape index (κ1) is 16.0. The van der Waals surface area contributed by atoms with E-state index < -0.39 is 0 Å². The van der Waals surface area contributed by atoms with Crippen LogP contribution in [-0.2, 0) is 6.42 Å². The molecule has 1 fully saturated rings. The Morgan fingerprint density at radius 1 is 1.25 bits per heavy atom. The van der Waals surface area contributed by atoms with Crippen LogP contribution in [0.25, 0.3) is 10.9 Å². The summed E-state index contributed by atoms with van der Waals surface area (Å²) in [5, 5.41) is 1.36. The molecule has 0 saturated carbocycles. The van der Waals surface area contributed by atoms with E-state index in [1.54, 1.807) is 7.11 Å². The number of nitrogens with zero attached hydrogens (tertiary/aromatic N) is 1. The molecule has 0 aliphatic carbocycles. The van der Waals surface area contributed by atoms with Gasteiger partial charge in [-0.3, -0.25) is 0 Å². The maximum atomic E-state index is 5.46. The summed E-state index contributed by atoms with van der Waals surface area (Å²) in [6.45, 7) is 8.55. The van der Waals surface area contributed by atoms with Gasteiger partial charge in [-0.2, -0.15) is 0 Å². The number of H-pyrrole nitrogens is 1. The maximum Gasteiger partial charge on any atom is 0.119 e. The Morgan fingerprint density at radius 2 is 2.12 bits per heavy atom. The van der Waals surface area contributed by atoms with E-state index in [1.165, 1.54) is 61.1 Å². The molecule has 1 saturated heterocycles. The lowest BCUT2D eigenvalue weighted by Crippen LogP contribution is -2.41. The SMILES string of the molecule is CC[C@H]1CC2C[C@H](C)c3[nH]c4ccc(OC)cc4c3CCN(C2)C1. The van der Waals surface area contributed by atoms with Crippen molar-refractivity contribution in [2.75, 3.05) is 26.7 Å². The second-order valence-corrected chi connectivity index (χ2v) is 7.95. The zero-order valence-corrected chi connectivity index (χ0v) is 15.3. The summed E-state index contributed by atoms with van der Waals surface area (Å²) in [7, 11) is 1.75. The Labute approximate surface area is 145 Å². The minimum Gasteiger partial charge on any atom is -0.497 e. The molecular formula is C21H30N2O. The minimum atomic E-state index is 0.610. The monoisotopic (exact) mass is 326 g/mol. The number of benzene rings is 1. The molecule has 1 aromatic heterocycles. The molecule has 3 heteroatoms. The summed E-state index contributed by atoms with van der Waals surface area (Å²) in [4.78, 5) is 6.47. The molecule has 4 atom stereocenters. The zero-order valence-electron chi connectivity index (χ0n) is 15.3. The number of methoxy groups -OCH3 is 1. The molecule has 3 heterocycles. The van der Waals surface area contributed by atoms with E-state index in [-0.39, 0.29) is 0 Å². The van der Waals surface area contributed by atoms with Crippen LogP contribution in [0, 0.1) is 11.8 Å². The maximum absolute atomic E-state index is 5.46. The van der Waals surface area contributed by atoms with Crippen LogP contribution < -0.4 is 4.74 Å². The smallest absolute Gasteiger partial charge is 0.119 e. The summed E-state index contributed by atoms with van der Waals surface area (Å²) in [5.74, 6) is 3.32. The highest BCUT2D eigenvalue weighted by molar-refractivity contribution is 5.86. The Kier molecular flexibility index (Phi) is 4.29. The topological polar surface area (TPSA) is 28.3 Å². The molecule has 130 valence electrons. The van der Waals surface area contributed by atoms with Crippen LogP contribution in [0.3, 0.4) is 0 Å². The van der Waals surface area contributed by atoms with Gasteiger partial charge in [-0.15, -0.1) is 0 Å². The Balaban J connectivity index is 1.73. The van der Waals surface area contributed by atoms with E-state index >= 15 is 0 Å². The van der Waals surface area contributed by atoms with Gasteiger partial charge in [-0.05, 0) is 60.8 Å². The number of fused-ring (bicyclic) bond motifs is 5. The highest BCUT2D eigenvalue weighted by Gasteiger charge is 2.30. The van der Waals surface area contributed by atoms with Crippen LogP contribution in [0.1, 0.15) is 50.3 Å². The second-order valence-electron chi connectivity index (χ2n) is 7.95. The van der Waals surface area contributed by atoms with Crippen molar-refractivity contribution in [3.05, 3.63) is 29.5 Å². The normalized spacial score (nSPS) is 30.3. The standard InChI is InChI=1S/C21H30N2O/c1-4-15-10-16-9-14(2)21-18(7-8-23(12-15)13-16)19-11-17(24-3)5-6-20(19)22-21/h5-6,11,14-16,22H,4,7-10,12-13H2,1-3H3/t14-,15-,16?/m0/s1. The van der Waals surface area contributed by atoms with Crippen molar-refractivity contribution in [3.63, 3.8) is 0 Å². The molecular weight excluding hydrogens is 296 g/mol. The van der Waals surface area contributed by atoms with E-state index in [4.69, 9.17) is 4.74 Å². The van der Waals surface area contributed by atoms with E-state index in [1.807, 2.05) is 0 Å². The largest absolute Gasteiger partial charge is 0.497 e. The zero-order chi connectivity index (χ0) is 16.7. The number of nitrogens with one attached hydrogen (secondary N) is 1. The minimum absolute atomic E-state index is 0.610. The lowest BCUT2D eigenvalue weighted by atomic mass is 9.82. The van der Waals surface area contributed by atoms with Crippen LogP contribution in [0.15, 0.2) is 18.2 Å². The quantitative estimate of drug-likeness (QED) is 0.875. The summed E-state index contributed by atoms with van der Waals surface area (Å²) in [6.07, 6.45) is 5.20. The molecule has 0 amide bonds. The van der Waals surface area contributed by atoms with Crippen molar-refractivity contribution in [1.29, 1.82) is 0 Å². The van der Waals surface area contributed by atoms with Gasteiger partial charge in [-0.1, -0.05) is 20.3 Å². The van der Waals surface area contributed by atoms with Gasteiger partial charge in [-0.25, -0.2) is 0 Å². The predicted molar refractivity (Wildman–Crippen MR) is 99.9 cm³/mol. The first-order valence-corrected chi connectivity index (χ1v) is 9.58. The first-order valence-electron chi connectivity index (χ1n) is 9.58. The number of rotatable bonds is 2. The average Bonchev–Trinajstić information content (AvgIpc) is 2.98. The van der Waals surface area contributed by atoms with Crippen molar-refractivity contribution < 1.29 is 4.74 Å². The van der Waals surface area contributed by atoms with Gasteiger partial charge in [0.25, 0.3) is 0 Å². The van der Waals surface area contributed by atoms with Gasteiger partial charge in [0.05, 0.1) is 7.11 Å².